The molecule has 2 heteroatoms. The third kappa shape index (κ3) is 3.30. The summed E-state index contributed by atoms with van der Waals surface area (Å²) in [6.45, 7) is 3.04. The van der Waals surface area contributed by atoms with E-state index in [-0.39, 0.29) is 0 Å². The minimum absolute atomic E-state index is 0.714. The highest BCUT2D eigenvalue weighted by atomic mass is 14.9. The average Bonchev–Trinajstić information content (AvgIpc) is 2.63. The lowest BCUT2D eigenvalue weighted by molar-refractivity contribution is -0.695. The van der Waals surface area contributed by atoms with Crippen LogP contribution in [0.2, 0.25) is 0 Å². The maximum atomic E-state index is 9.23. The maximum Gasteiger partial charge on any atom is 0.181 e. The summed E-state index contributed by atoms with van der Waals surface area (Å²) in [7, 11) is 0. The van der Waals surface area contributed by atoms with E-state index in [0.717, 1.165) is 24.1 Å². The summed E-state index contributed by atoms with van der Waals surface area (Å²) in [5.41, 5.74) is 5.37. The normalized spacial score (nSPS) is 10.3. The van der Waals surface area contributed by atoms with Gasteiger partial charge < -0.3 is 0 Å². The molecule has 2 nitrogen and oxygen atoms in total. The summed E-state index contributed by atoms with van der Waals surface area (Å²) in [6.07, 6.45) is 3.15. The molecule has 0 spiro atoms. The number of rotatable bonds is 4. The third-order valence-electron chi connectivity index (χ3n) is 4.06. The first-order chi connectivity index (χ1) is 11.3. The van der Waals surface area contributed by atoms with Crippen LogP contribution in [-0.2, 0) is 13.0 Å². The van der Waals surface area contributed by atoms with Crippen LogP contribution in [-0.4, -0.2) is 0 Å². The fraction of sp³-hybridized carbons (Fsp3) is 0.143. The zero-order chi connectivity index (χ0) is 16.1. The first-order valence-electron chi connectivity index (χ1n) is 7.87. The number of nitrogens with zero attached hydrogens (tertiary/aromatic N) is 2. The molecule has 112 valence electrons. The monoisotopic (exact) mass is 299 g/mol. The summed E-state index contributed by atoms with van der Waals surface area (Å²) in [5.74, 6) is 0. The molecule has 3 aromatic rings. The highest BCUT2D eigenvalue weighted by Crippen LogP contribution is 2.23. The van der Waals surface area contributed by atoms with Gasteiger partial charge in [-0.25, -0.2) is 0 Å². The van der Waals surface area contributed by atoms with Crippen molar-refractivity contribution in [2.75, 3.05) is 0 Å². The van der Waals surface area contributed by atoms with Crippen LogP contribution in [0.3, 0.4) is 0 Å². The Bertz CT molecular complexity index is 842. The largest absolute Gasteiger partial charge is 0.198 e. The molecular weight excluding hydrogens is 280 g/mol. The molecule has 0 unspecified atom stereocenters. The number of pyridine rings is 1. The van der Waals surface area contributed by atoms with Crippen molar-refractivity contribution in [3.63, 3.8) is 0 Å². The van der Waals surface area contributed by atoms with Crippen molar-refractivity contribution < 1.29 is 4.57 Å². The second-order valence-corrected chi connectivity index (χ2v) is 5.53. The number of hydrogen-bond acceptors (Lipinski definition) is 1. The van der Waals surface area contributed by atoms with Crippen LogP contribution in [0.5, 0.6) is 0 Å². The van der Waals surface area contributed by atoms with E-state index in [1.165, 1.54) is 11.3 Å². The molecule has 0 fully saturated rings. The van der Waals surface area contributed by atoms with Crippen LogP contribution in [0.25, 0.3) is 11.1 Å². The minimum atomic E-state index is 0.714. The van der Waals surface area contributed by atoms with Gasteiger partial charge in [-0.2, -0.15) is 9.83 Å². The SMILES string of the molecule is CCc1cccc[n+]1Cc1ccc(-c2ccccc2C#N)cc1. The molecule has 0 amide bonds. The lowest BCUT2D eigenvalue weighted by Crippen LogP contribution is -2.38. The predicted octanol–water partition coefficient (Wildman–Crippen LogP) is 4.12. The summed E-state index contributed by atoms with van der Waals surface area (Å²) in [6, 6.07) is 24.8. The van der Waals surface area contributed by atoms with Crippen molar-refractivity contribution in [2.24, 2.45) is 0 Å². The molecule has 0 bridgehead atoms. The number of hydrogen-bond donors (Lipinski definition) is 0. The zero-order valence-corrected chi connectivity index (χ0v) is 13.2. The third-order valence-corrected chi connectivity index (χ3v) is 4.06. The van der Waals surface area contributed by atoms with Crippen molar-refractivity contribution in [1.29, 1.82) is 5.26 Å². The van der Waals surface area contributed by atoms with Gasteiger partial charge >= 0.3 is 0 Å². The molecule has 2 aromatic carbocycles. The number of nitriles is 1. The first-order valence-corrected chi connectivity index (χ1v) is 7.87. The molecule has 0 radical (unpaired) electrons. The molecule has 0 aliphatic heterocycles. The maximum absolute atomic E-state index is 9.23. The first kappa shape index (κ1) is 15.0. The van der Waals surface area contributed by atoms with E-state index in [0.29, 0.717) is 5.56 Å². The van der Waals surface area contributed by atoms with Gasteiger partial charge in [0.15, 0.2) is 18.4 Å². The molecule has 0 aliphatic rings. The number of aromatic nitrogens is 1. The molecule has 1 heterocycles. The molecule has 0 aliphatic carbocycles. The van der Waals surface area contributed by atoms with Gasteiger partial charge in [-0.15, -0.1) is 0 Å². The average molecular weight is 299 g/mol. The van der Waals surface area contributed by atoms with Crippen molar-refractivity contribution >= 4 is 0 Å². The quantitative estimate of drug-likeness (QED) is 0.666. The van der Waals surface area contributed by atoms with Gasteiger partial charge in [0.25, 0.3) is 0 Å². The van der Waals surface area contributed by atoms with Crippen molar-refractivity contribution in [1.82, 2.24) is 0 Å². The van der Waals surface area contributed by atoms with Gasteiger partial charge in [0, 0.05) is 24.1 Å². The van der Waals surface area contributed by atoms with Gasteiger partial charge in [-0.3, -0.25) is 0 Å². The van der Waals surface area contributed by atoms with Crippen LogP contribution in [0.15, 0.2) is 72.9 Å². The van der Waals surface area contributed by atoms with E-state index in [2.05, 4.69) is 66.2 Å². The Morgan fingerprint density at radius 2 is 1.65 bits per heavy atom. The Kier molecular flexibility index (Phi) is 4.49. The molecule has 0 saturated heterocycles. The predicted molar refractivity (Wildman–Crippen MR) is 91.7 cm³/mol. The highest BCUT2D eigenvalue weighted by Gasteiger charge is 2.09. The summed E-state index contributed by atoms with van der Waals surface area (Å²) < 4.78 is 2.28. The van der Waals surface area contributed by atoms with Gasteiger partial charge in [-0.1, -0.05) is 55.5 Å². The van der Waals surface area contributed by atoms with Crippen molar-refractivity contribution in [2.45, 2.75) is 19.9 Å². The fourth-order valence-electron chi connectivity index (χ4n) is 2.81. The lowest BCUT2D eigenvalue weighted by Gasteiger charge is -2.06. The Morgan fingerprint density at radius 1 is 0.913 bits per heavy atom. The molecular formula is C21H19N2+. The Balaban J connectivity index is 1.87. The topological polar surface area (TPSA) is 27.7 Å². The van der Waals surface area contributed by atoms with Gasteiger partial charge in [0.1, 0.15) is 0 Å². The van der Waals surface area contributed by atoms with Crippen molar-refractivity contribution in [3.05, 3.63) is 89.7 Å². The molecule has 0 saturated carbocycles. The fourth-order valence-corrected chi connectivity index (χ4v) is 2.81. The molecule has 23 heavy (non-hydrogen) atoms. The summed E-state index contributed by atoms with van der Waals surface area (Å²) in [4.78, 5) is 0. The molecule has 0 atom stereocenters. The van der Waals surface area contributed by atoms with Crippen LogP contribution in [0.4, 0.5) is 0 Å². The Hall–Kier alpha value is -2.92. The second-order valence-electron chi connectivity index (χ2n) is 5.53. The van der Waals surface area contributed by atoms with E-state index >= 15 is 0 Å². The van der Waals surface area contributed by atoms with Crippen LogP contribution < -0.4 is 4.57 Å². The van der Waals surface area contributed by atoms with Gasteiger partial charge in [0.2, 0.25) is 0 Å². The van der Waals surface area contributed by atoms with E-state index < -0.39 is 0 Å². The van der Waals surface area contributed by atoms with Crippen molar-refractivity contribution in [3.8, 4) is 17.2 Å². The molecule has 0 N–H and O–H groups in total. The van der Waals surface area contributed by atoms with Gasteiger partial charge in [-0.05, 0) is 17.2 Å². The lowest BCUT2D eigenvalue weighted by atomic mass is 9.99. The number of benzene rings is 2. The minimum Gasteiger partial charge on any atom is -0.198 e. The standard InChI is InChI=1S/C21H19N2/c1-2-20-8-5-6-14-23(20)16-17-10-12-18(13-11-17)21-9-4-3-7-19(21)15-22/h3-14H,2,16H2,1H3/q+1. The molecule has 1 aromatic heterocycles. The van der Waals surface area contributed by atoms with Crippen LogP contribution >= 0.6 is 0 Å². The van der Waals surface area contributed by atoms with E-state index in [1.54, 1.807) is 0 Å². The smallest absolute Gasteiger partial charge is 0.181 e. The van der Waals surface area contributed by atoms with E-state index in [9.17, 15) is 5.26 Å². The summed E-state index contributed by atoms with van der Waals surface area (Å²) in [5, 5.41) is 9.23. The zero-order valence-electron chi connectivity index (χ0n) is 13.2. The van der Waals surface area contributed by atoms with E-state index in [1.807, 2.05) is 24.3 Å². The highest BCUT2D eigenvalue weighted by molar-refractivity contribution is 5.70. The Labute approximate surface area is 137 Å². The molecule has 3 rings (SSSR count). The number of aryl methyl sites for hydroxylation is 1. The van der Waals surface area contributed by atoms with Gasteiger partial charge in [0.05, 0.1) is 11.6 Å². The van der Waals surface area contributed by atoms with Crippen LogP contribution in [0, 0.1) is 11.3 Å². The summed E-state index contributed by atoms with van der Waals surface area (Å²) >= 11 is 0. The van der Waals surface area contributed by atoms with E-state index in [4.69, 9.17) is 0 Å². The van der Waals surface area contributed by atoms with Crippen LogP contribution in [0.1, 0.15) is 23.7 Å². The Morgan fingerprint density at radius 3 is 2.39 bits per heavy atom. The second kappa shape index (κ2) is 6.89.